The molecule has 14 atom stereocenters. The Bertz CT molecular complexity index is 1360. The number of rotatable bonds is 9. The molecule has 308 valence electrons. The monoisotopic (exact) mass is 764 g/mol. The van der Waals surface area contributed by atoms with Gasteiger partial charge in [-0.2, -0.15) is 0 Å². The van der Waals surface area contributed by atoms with Gasteiger partial charge < -0.3 is 59.5 Å². The number of hydrogen-bond acceptors (Lipinski definition) is 13. The first-order valence-corrected chi connectivity index (χ1v) is 19.2. The number of ether oxygens (including phenoxy) is 6. The van der Waals surface area contributed by atoms with Crippen LogP contribution in [-0.4, -0.2) is 140 Å². The predicted molar refractivity (Wildman–Crippen MR) is 206 cm³/mol. The second-order valence-corrected chi connectivity index (χ2v) is 15.5. The van der Waals surface area contributed by atoms with E-state index in [1.165, 1.54) is 20.3 Å². The van der Waals surface area contributed by atoms with Gasteiger partial charge in [0.25, 0.3) is 0 Å². The Labute approximate surface area is 322 Å². The molecular formula is C41H68N2O11. The normalized spacial score (nSPS) is 42.7. The van der Waals surface area contributed by atoms with Crippen molar-refractivity contribution in [3.8, 4) is 0 Å². The molecule has 1 unspecified atom stereocenters. The first kappa shape index (κ1) is 46.1. The molecule has 0 aliphatic carbocycles. The van der Waals surface area contributed by atoms with Gasteiger partial charge in [0, 0.05) is 26.6 Å². The zero-order valence-corrected chi connectivity index (χ0v) is 34.1. The molecule has 0 spiro atoms. The van der Waals surface area contributed by atoms with Gasteiger partial charge in [0.15, 0.2) is 6.29 Å². The van der Waals surface area contributed by atoms with Crippen LogP contribution in [0.15, 0.2) is 58.7 Å². The van der Waals surface area contributed by atoms with Gasteiger partial charge in [-0.25, -0.2) is 4.79 Å². The second kappa shape index (κ2) is 21.3. The average Bonchev–Trinajstić information content (AvgIpc) is 3.10. The quantitative estimate of drug-likeness (QED) is 0.171. The molecule has 0 bridgehead atoms. The molecule has 13 nitrogen and oxygen atoms in total. The summed E-state index contributed by atoms with van der Waals surface area (Å²) in [6.45, 7) is 13.4. The van der Waals surface area contributed by atoms with Crippen LogP contribution >= 0.6 is 0 Å². The van der Waals surface area contributed by atoms with Crippen molar-refractivity contribution in [1.82, 2.24) is 4.90 Å². The summed E-state index contributed by atoms with van der Waals surface area (Å²) in [6, 6.07) is -0.567. The summed E-state index contributed by atoms with van der Waals surface area (Å²) in [5.41, 5.74) is 9.02. The molecule has 3 aliphatic rings. The highest BCUT2D eigenvalue weighted by atomic mass is 16.7. The molecule has 0 aromatic rings. The summed E-state index contributed by atoms with van der Waals surface area (Å²) in [5.74, 6) is -1.01. The van der Waals surface area contributed by atoms with E-state index in [0.717, 1.165) is 16.7 Å². The predicted octanol–water partition coefficient (Wildman–Crippen LogP) is 3.16. The Kier molecular flexibility index (Phi) is 18.2. The molecule has 13 heteroatoms. The number of carbonyl (C=O) groups is 1. The van der Waals surface area contributed by atoms with Gasteiger partial charge >= 0.3 is 5.97 Å². The second-order valence-electron chi connectivity index (χ2n) is 15.5. The topological polar surface area (TPSA) is 183 Å². The Balaban J connectivity index is 2.08. The van der Waals surface area contributed by atoms with Crippen LogP contribution in [0.3, 0.4) is 0 Å². The van der Waals surface area contributed by atoms with E-state index in [4.69, 9.17) is 34.2 Å². The molecule has 3 rings (SSSR count). The number of allylic oxidation sites excluding steroid dienone is 5. The first-order valence-electron chi connectivity index (χ1n) is 19.2. The highest BCUT2D eigenvalue weighted by Gasteiger charge is 2.53. The summed E-state index contributed by atoms with van der Waals surface area (Å²) >= 11 is 0. The summed E-state index contributed by atoms with van der Waals surface area (Å²) in [7, 11) is 6.63. The third-order valence-electron chi connectivity index (χ3n) is 11.0. The smallest absolute Gasteiger partial charge is 0.336 e. The lowest BCUT2D eigenvalue weighted by Crippen LogP contribution is -2.67. The fourth-order valence-corrected chi connectivity index (χ4v) is 7.81. The maximum atomic E-state index is 13.0. The fraction of sp³-hybridized carbons (Fsp3) is 0.732. The molecular weight excluding hydrogens is 696 g/mol. The zero-order chi connectivity index (χ0) is 40.4. The molecule has 2 saturated heterocycles. The Morgan fingerprint density at radius 3 is 2.22 bits per heavy atom. The molecule has 6 N–H and O–H groups in total. The minimum absolute atomic E-state index is 0.0219. The maximum Gasteiger partial charge on any atom is 0.336 e. The van der Waals surface area contributed by atoms with Crippen LogP contribution in [0, 0.1) is 17.8 Å². The lowest BCUT2D eigenvalue weighted by Gasteiger charge is -2.51. The molecule has 0 saturated carbocycles. The standard InChI is InChI=1S/C41H68N2O11/c1-12-27-20-24(5)29(45)16-14-13-15-28(21-44)40(48)52-30(22(2)3)18-17-23(4)19-25(6)31(27)36-33(46)32(43(8)9)35(26(7)51-36)53-41-38(50-11)34(47)37(49-10)39(42)54-41/h13-15,17,19-20,22,26-27,29-39,41,44-47H,12,16,18,21,42H2,1-11H3/b14-13+,23-17+,24-20+,25-19+,28-15+/t26-,27+,29+,30+,31?,32-,33-,34+,35-,36+,37+,38-,39+,41-/m1/s1. The molecule has 0 aromatic heterocycles. The molecule has 2 fully saturated rings. The number of aliphatic hydroxyl groups is 4. The van der Waals surface area contributed by atoms with E-state index in [-0.39, 0.29) is 29.7 Å². The Hall–Kier alpha value is -2.27. The van der Waals surface area contributed by atoms with Crippen LogP contribution in [0.25, 0.3) is 0 Å². The van der Waals surface area contributed by atoms with Crippen LogP contribution in [0.2, 0.25) is 0 Å². The highest BCUT2D eigenvalue weighted by Crippen LogP contribution is 2.40. The summed E-state index contributed by atoms with van der Waals surface area (Å²) < 4.78 is 36.1. The highest BCUT2D eigenvalue weighted by molar-refractivity contribution is 5.89. The van der Waals surface area contributed by atoms with Crippen molar-refractivity contribution in [3.63, 3.8) is 0 Å². The summed E-state index contributed by atoms with van der Waals surface area (Å²) in [5, 5.41) is 44.4. The van der Waals surface area contributed by atoms with Gasteiger partial charge in [-0.05, 0) is 78.1 Å². The minimum Gasteiger partial charge on any atom is -0.458 e. The van der Waals surface area contributed by atoms with Gasteiger partial charge in [-0.1, -0.05) is 62.3 Å². The number of hydrogen-bond donors (Lipinski definition) is 5. The van der Waals surface area contributed by atoms with Crippen molar-refractivity contribution >= 4 is 5.97 Å². The number of cyclic esters (lactones) is 1. The lowest BCUT2D eigenvalue weighted by atomic mass is 9.74. The third-order valence-corrected chi connectivity index (χ3v) is 11.0. The van der Waals surface area contributed by atoms with E-state index in [1.54, 1.807) is 12.2 Å². The van der Waals surface area contributed by atoms with Crippen LogP contribution in [0.5, 0.6) is 0 Å². The number of nitrogens with two attached hydrogens (primary N) is 1. The minimum atomic E-state index is -1.12. The third kappa shape index (κ3) is 11.4. The van der Waals surface area contributed by atoms with Crippen LogP contribution < -0.4 is 5.73 Å². The summed E-state index contributed by atoms with van der Waals surface area (Å²) in [4.78, 5) is 14.9. The number of methoxy groups -OCH3 is 2. The number of nitrogens with zero attached hydrogens (tertiary/aromatic N) is 1. The van der Waals surface area contributed by atoms with Gasteiger partial charge in [-0.3, -0.25) is 0 Å². The van der Waals surface area contributed by atoms with E-state index in [2.05, 4.69) is 19.1 Å². The number of aliphatic hydroxyl groups excluding tert-OH is 4. The molecule has 0 aromatic carbocycles. The van der Waals surface area contributed by atoms with Crippen LogP contribution in [0.4, 0.5) is 0 Å². The van der Waals surface area contributed by atoms with Gasteiger partial charge in [0.2, 0.25) is 0 Å². The van der Waals surface area contributed by atoms with Crippen molar-refractivity contribution in [3.05, 3.63) is 58.7 Å². The Morgan fingerprint density at radius 1 is 0.981 bits per heavy atom. The first-order chi connectivity index (χ1) is 25.5. The van der Waals surface area contributed by atoms with E-state index in [0.29, 0.717) is 12.8 Å². The van der Waals surface area contributed by atoms with E-state index in [1.807, 2.05) is 66.6 Å². The largest absolute Gasteiger partial charge is 0.458 e. The van der Waals surface area contributed by atoms with Crippen LogP contribution in [0.1, 0.15) is 67.7 Å². The SMILES string of the molecule is CC[C@H]1/C=C(\C)[C@@H](O)C/C=C/C=C(\CO)C(=O)O[C@H](C(C)C)C/C=C(C)/C=C(\C)C1[C@@H]1O[C@H](C)[C@@H](O[C@@H]2O[C@H](N)[C@@H](OC)[C@H](O)[C@H]2OC)[C@H](N(C)C)[C@H]1O. The van der Waals surface area contributed by atoms with E-state index >= 15 is 0 Å². The van der Waals surface area contributed by atoms with Gasteiger partial charge in [-0.15, -0.1) is 0 Å². The molecule has 0 amide bonds. The lowest BCUT2D eigenvalue weighted by molar-refractivity contribution is -0.337. The van der Waals surface area contributed by atoms with Crippen molar-refractivity contribution in [2.75, 3.05) is 34.9 Å². The Morgan fingerprint density at radius 2 is 1.65 bits per heavy atom. The number of likely N-dealkylation sites (N-methyl/N-ethyl adjacent to an activating group) is 1. The maximum absolute atomic E-state index is 13.0. The number of esters is 1. The van der Waals surface area contributed by atoms with E-state index < -0.39 is 86.1 Å². The molecule has 3 aliphatic heterocycles. The molecule has 0 radical (unpaired) electrons. The summed E-state index contributed by atoms with van der Waals surface area (Å²) in [6.07, 6.45) is 3.47. The fourth-order valence-electron chi connectivity index (χ4n) is 7.81. The van der Waals surface area contributed by atoms with Crippen molar-refractivity contribution in [2.45, 2.75) is 141 Å². The zero-order valence-electron chi connectivity index (χ0n) is 34.1. The van der Waals surface area contributed by atoms with Crippen molar-refractivity contribution in [2.24, 2.45) is 23.5 Å². The molecule has 3 heterocycles. The number of carbonyl (C=O) groups excluding carboxylic acids is 1. The van der Waals surface area contributed by atoms with Crippen molar-refractivity contribution < 1.29 is 53.6 Å². The van der Waals surface area contributed by atoms with Crippen LogP contribution in [-0.2, 0) is 33.2 Å². The van der Waals surface area contributed by atoms with E-state index in [9.17, 15) is 25.2 Å². The van der Waals surface area contributed by atoms with Crippen molar-refractivity contribution in [1.29, 1.82) is 0 Å². The van der Waals surface area contributed by atoms with Gasteiger partial charge in [0.05, 0.1) is 42.6 Å². The molecule has 54 heavy (non-hydrogen) atoms. The van der Waals surface area contributed by atoms with Gasteiger partial charge in [0.1, 0.15) is 36.7 Å². The average molecular weight is 765 g/mol.